The second-order valence-corrected chi connectivity index (χ2v) is 6.55. The number of benzene rings is 1. The highest BCUT2D eigenvalue weighted by Crippen LogP contribution is 2.28. The topological polar surface area (TPSA) is 64.6 Å². The van der Waals surface area contributed by atoms with E-state index in [0.29, 0.717) is 30.4 Å². The summed E-state index contributed by atoms with van der Waals surface area (Å²) in [4.78, 5) is 23.2. The molecular formula is C20H28ClNO4. The van der Waals surface area contributed by atoms with Crippen molar-refractivity contribution in [3.05, 3.63) is 35.9 Å². The minimum absolute atomic E-state index is 0.0226. The molecule has 0 fully saturated rings. The van der Waals surface area contributed by atoms with E-state index in [1.165, 1.54) is 7.11 Å². The van der Waals surface area contributed by atoms with Gasteiger partial charge in [0, 0.05) is 13.0 Å². The summed E-state index contributed by atoms with van der Waals surface area (Å²) in [5.74, 6) is 0.549. The van der Waals surface area contributed by atoms with E-state index in [-0.39, 0.29) is 11.8 Å². The molecule has 0 aliphatic carbocycles. The van der Waals surface area contributed by atoms with Gasteiger partial charge in [0.05, 0.1) is 7.11 Å². The fourth-order valence-corrected chi connectivity index (χ4v) is 2.32. The third kappa shape index (κ3) is 8.90. The van der Waals surface area contributed by atoms with Crippen LogP contribution in [0.5, 0.6) is 11.5 Å². The Bertz CT molecular complexity index is 614. The summed E-state index contributed by atoms with van der Waals surface area (Å²) < 4.78 is 10.3. The Labute approximate surface area is 160 Å². The van der Waals surface area contributed by atoms with Crippen molar-refractivity contribution >= 4 is 23.5 Å². The monoisotopic (exact) mass is 381 g/mol. The van der Waals surface area contributed by atoms with Crippen molar-refractivity contribution in [2.45, 2.75) is 46.1 Å². The number of ether oxygens (including phenoxy) is 2. The van der Waals surface area contributed by atoms with Gasteiger partial charge in [0.2, 0.25) is 5.91 Å². The summed E-state index contributed by atoms with van der Waals surface area (Å²) in [6, 6.07) is 5.13. The largest absolute Gasteiger partial charge is 0.493 e. The first kappa shape index (κ1) is 22.0. The molecule has 1 amide bonds. The van der Waals surface area contributed by atoms with Crippen LogP contribution < -0.4 is 14.8 Å². The second kappa shape index (κ2) is 12.4. The maximum absolute atomic E-state index is 11.9. The number of hydrogen-bond acceptors (Lipinski definition) is 4. The van der Waals surface area contributed by atoms with Crippen LogP contribution in [0.1, 0.15) is 45.1 Å². The van der Waals surface area contributed by atoms with Gasteiger partial charge in [0.1, 0.15) is 5.88 Å². The molecule has 1 rings (SSSR count). The average Bonchev–Trinajstić information content (AvgIpc) is 2.63. The lowest BCUT2D eigenvalue weighted by atomic mass is 10.1. The molecule has 144 valence electrons. The van der Waals surface area contributed by atoms with E-state index in [9.17, 15) is 9.59 Å². The van der Waals surface area contributed by atoms with Crippen LogP contribution in [0.4, 0.5) is 0 Å². The van der Waals surface area contributed by atoms with Crippen molar-refractivity contribution < 1.29 is 19.1 Å². The number of alkyl halides is 1. The lowest BCUT2D eigenvalue weighted by Gasteiger charge is -2.11. The average molecular weight is 382 g/mol. The number of hydrogen-bond donors (Lipinski definition) is 1. The number of methoxy groups -OCH3 is 1. The van der Waals surface area contributed by atoms with Crippen LogP contribution in [0, 0.1) is 5.92 Å². The van der Waals surface area contributed by atoms with E-state index in [1.54, 1.807) is 18.2 Å². The Kier molecular flexibility index (Phi) is 10.5. The highest BCUT2D eigenvalue weighted by molar-refractivity contribution is 6.26. The Hall–Kier alpha value is -2.01. The first-order valence-electron chi connectivity index (χ1n) is 8.83. The van der Waals surface area contributed by atoms with Gasteiger partial charge in [-0.2, -0.15) is 0 Å². The number of rotatable bonds is 11. The predicted molar refractivity (Wildman–Crippen MR) is 104 cm³/mol. The summed E-state index contributed by atoms with van der Waals surface area (Å²) in [5.41, 5.74) is 0.862. The molecule has 0 atom stereocenters. The van der Waals surface area contributed by atoms with E-state index < -0.39 is 5.97 Å². The summed E-state index contributed by atoms with van der Waals surface area (Å²) in [5, 5.41) is 2.89. The number of allylic oxidation sites excluding steroid dienone is 2. The second-order valence-electron chi connectivity index (χ2n) is 6.29. The fraction of sp³-hybridized carbons (Fsp3) is 0.500. The molecule has 0 saturated heterocycles. The molecule has 1 aromatic carbocycles. The molecule has 0 aliphatic rings. The minimum Gasteiger partial charge on any atom is -0.493 e. The van der Waals surface area contributed by atoms with Gasteiger partial charge in [-0.3, -0.25) is 9.59 Å². The molecule has 0 aromatic heterocycles. The van der Waals surface area contributed by atoms with Crippen LogP contribution in [0.15, 0.2) is 30.4 Å². The SMILES string of the molecule is COc1cc(CNC(=O)CCCC/C=C/C(C)C)ccc1OC(=O)CCl. The molecule has 5 nitrogen and oxygen atoms in total. The zero-order chi connectivity index (χ0) is 19.4. The molecule has 0 unspecified atom stereocenters. The van der Waals surface area contributed by atoms with Crippen LogP contribution in [0.2, 0.25) is 0 Å². The quantitative estimate of drug-likeness (QED) is 0.205. The molecule has 0 heterocycles. The summed E-state index contributed by atoms with van der Waals surface area (Å²) in [7, 11) is 1.49. The van der Waals surface area contributed by atoms with Gasteiger partial charge in [0.25, 0.3) is 0 Å². The van der Waals surface area contributed by atoms with E-state index in [0.717, 1.165) is 24.8 Å². The van der Waals surface area contributed by atoms with Crippen molar-refractivity contribution in [2.24, 2.45) is 5.92 Å². The molecule has 26 heavy (non-hydrogen) atoms. The third-order valence-electron chi connectivity index (χ3n) is 3.60. The van der Waals surface area contributed by atoms with Crippen LogP contribution >= 0.6 is 11.6 Å². The molecule has 0 bridgehead atoms. The number of unbranched alkanes of at least 4 members (excludes halogenated alkanes) is 2. The highest BCUT2D eigenvalue weighted by Gasteiger charge is 2.10. The summed E-state index contributed by atoms with van der Waals surface area (Å²) in [6.45, 7) is 4.69. The first-order valence-corrected chi connectivity index (χ1v) is 9.36. The molecule has 1 aromatic rings. The normalized spacial score (nSPS) is 11.0. The van der Waals surface area contributed by atoms with Gasteiger partial charge in [-0.1, -0.05) is 32.1 Å². The molecule has 0 spiro atoms. The van der Waals surface area contributed by atoms with Gasteiger partial charge in [-0.05, 0) is 42.9 Å². The van der Waals surface area contributed by atoms with Gasteiger partial charge in [-0.15, -0.1) is 11.6 Å². The number of esters is 1. The fourth-order valence-electron chi connectivity index (χ4n) is 2.26. The lowest BCUT2D eigenvalue weighted by Crippen LogP contribution is -2.22. The summed E-state index contributed by atoms with van der Waals surface area (Å²) in [6.07, 6.45) is 7.74. The predicted octanol–water partition coefficient (Wildman–Crippen LogP) is 4.23. The number of carbonyl (C=O) groups is 2. The van der Waals surface area contributed by atoms with Crippen molar-refractivity contribution in [1.29, 1.82) is 0 Å². The van der Waals surface area contributed by atoms with Crippen molar-refractivity contribution in [3.63, 3.8) is 0 Å². The Morgan fingerprint density at radius 3 is 2.65 bits per heavy atom. The maximum Gasteiger partial charge on any atom is 0.326 e. The van der Waals surface area contributed by atoms with Gasteiger partial charge < -0.3 is 14.8 Å². The molecule has 0 radical (unpaired) electrons. The van der Waals surface area contributed by atoms with E-state index >= 15 is 0 Å². The lowest BCUT2D eigenvalue weighted by molar-refractivity contribution is -0.131. The highest BCUT2D eigenvalue weighted by atomic mass is 35.5. The number of halogens is 1. The summed E-state index contributed by atoms with van der Waals surface area (Å²) >= 11 is 5.43. The molecule has 1 N–H and O–H groups in total. The smallest absolute Gasteiger partial charge is 0.326 e. The van der Waals surface area contributed by atoms with E-state index in [4.69, 9.17) is 21.1 Å². The van der Waals surface area contributed by atoms with Crippen LogP contribution in [-0.2, 0) is 16.1 Å². The van der Waals surface area contributed by atoms with E-state index in [1.807, 2.05) is 0 Å². The Morgan fingerprint density at radius 1 is 1.23 bits per heavy atom. The molecule has 0 saturated carbocycles. The minimum atomic E-state index is -0.547. The van der Waals surface area contributed by atoms with E-state index in [2.05, 4.69) is 31.3 Å². The third-order valence-corrected chi connectivity index (χ3v) is 3.81. The zero-order valence-electron chi connectivity index (χ0n) is 15.7. The van der Waals surface area contributed by atoms with Crippen molar-refractivity contribution in [3.8, 4) is 11.5 Å². The van der Waals surface area contributed by atoms with Crippen molar-refractivity contribution in [2.75, 3.05) is 13.0 Å². The number of nitrogens with one attached hydrogen (secondary N) is 1. The van der Waals surface area contributed by atoms with Crippen LogP contribution in [0.25, 0.3) is 0 Å². The maximum atomic E-state index is 11.9. The number of carbonyl (C=O) groups excluding carboxylic acids is 2. The van der Waals surface area contributed by atoms with Crippen molar-refractivity contribution in [1.82, 2.24) is 5.32 Å². The first-order chi connectivity index (χ1) is 12.5. The molecular weight excluding hydrogens is 354 g/mol. The van der Waals surface area contributed by atoms with Gasteiger partial charge in [-0.25, -0.2) is 0 Å². The van der Waals surface area contributed by atoms with Gasteiger partial charge in [0.15, 0.2) is 11.5 Å². The van der Waals surface area contributed by atoms with Crippen LogP contribution in [-0.4, -0.2) is 24.9 Å². The standard InChI is InChI=1S/C20H28ClNO4/c1-15(2)8-6-4-5-7-9-19(23)22-14-16-10-11-17(18(12-16)25-3)26-20(24)13-21/h6,8,10-12,15H,4-5,7,9,13-14H2,1-3H3,(H,22,23)/b8-6+. The molecule has 0 aliphatic heterocycles. The van der Waals surface area contributed by atoms with Crippen LogP contribution in [0.3, 0.4) is 0 Å². The Balaban J connectivity index is 2.39. The zero-order valence-corrected chi connectivity index (χ0v) is 16.5. The van der Waals surface area contributed by atoms with Gasteiger partial charge >= 0.3 is 5.97 Å². The molecule has 6 heteroatoms. The Morgan fingerprint density at radius 2 is 2.00 bits per heavy atom. The number of amides is 1.